The molecule has 0 saturated carbocycles. The zero-order valence-electron chi connectivity index (χ0n) is 9.76. The molecule has 0 bridgehead atoms. The molecule has 0 aliphatic heterocycles. The van der Waals surface area contributed by atoms with Crippen LogP contribution in [0.15, 0.2) is 0 Å². The zero-order chi connectivity index (χ0) is 11.0. The van der Waals surface area contributed by atoms with E-state index in [-0.39, 0.29) is 12.4 Å². The van der Waals surface area contributed by atoms with Gasteiger partial charge < -0.3 is 9.47 Å². The molecule has 84 valence electrons. The third kappa shape index (κ3) is 4.20. The highest BCUT2D eigenvalue weighted by Gasteiger charge is 2.31. The highest BCUT2D eigenvalue weighted by atomic mass is 16.5. The van der Waals surface area contributed by atoms with Crippen LogP contribution < -0.4 is 0 Å². The van der Waals surface area contributed by atoms with Crippen molar-refractivity contribution in [2.45, 2.75) is 46.1 Å². The second-order valence-corrected chi connectivity index (χ2v) is 3.49. The van der Waals surface area contributed by atoms with Gasteiger partial charge in [0.15, 0.2) is 5.78 Å². The van der Waals surface area contributed by atoms with Crippen LogP contribution in [-0.2, 0) is 14.3 Å². The first kappa shape index (κ1) is 13.6. The van der Waals surface area contributed by atoms with Crippen LogP contribution in [-0.4, -0.2) is 31.2 Å². The summed E-state index contributed by atoms with van der Waals surface area (Å²) in [4.78, 5) is 11.7. The molecule has 0 amide bonds. The Labute approximate surface area is 86.8 Å². The maximum Gasteiger partial charge on any atom is 0.189 e. The van der Waals surface area contributed by atoms with Gasteiger partial charge in [-0.3, -0.25) is 4.79 Å². The molecule has 0 aromatic heterocycles. The lowest BCUT2D eigenvalue weighted by atomic mass is 9.98. The van der Waals surface area contributed by atoms with Gasteiger partial charge in [-0.15, -0.1) is 0 Å². The van der Waals surface area contributed by atoms with Gasteiger partial charge in [-0.25, -0.2) is 0 Å². The molecule has 0 aromatic carbocycles. The van der Waals surface area contributed by atoms with Crippen molar-refractivity contribution >= 4 is 5.78 Å². The number of carbonyl (C=O) groups is 1. The summed E-state index contributed by atoms with van der Waals surface area (Å²) in [6.45, 7) is 9.06. The Kier molecular flexibility index (Phi) is 6.75. The van der Waals surface area contributed by atoms with Crippen molar-refractivity contribution in [1.29, 1.82) is 0 Å². The minimum atomic E-state index is -0.664. The first-order chi connectivity index (χ1) is 6.60. The lowest BCUT2D eigenvalue weighted by Crippen LogP contribution is -2.40. The van der Waals surface area contributed by atoms with Crippen molar-refractivity contribution in [3.05, 3.63) is 0 Å². The fourth-order valence-electron chi connectivity index (χ4n) is 1.16. The summed E-state index contributed by atoms with van der Waals surface area (Å²) in [6.07, 6.45) is 1.62. The summed E-state index contributed by atoms with van der Waals surface area (Å²) >= 11 is 0. The van der Waals surface area contributed by atoms with Crippen molar-refractivity contribution in [1.82, 2.24) is 0 Å². The number of carbonyl (C=O) groups excluding carboxylic acids is 1. The normalized spacial score (nSPS) is 15.1. The molecule has 0 aromatic rings. The van der Waals surface area contributed by atoms with Gasteiger partial charge in [-0.05, 0) is 26.7 Å². The molecule has 1 atom stereocenters. The maximum absolute atomic E-state index is 11.7. The van der Waals surface area contributed by atoms with Gasteiger partial charge in [0.25, 0.3) is 0 Å². The fraction of sp³-hybridized carbons (Fsp3) is 0.909. The molecule has 14 heavy (non-hydrogen) atoms. The molecule has 0 aliphatic carbocycles. The molecular weight excluding hydrogens is 180 g/mol. The third-order valence-electron chi connectivity index (χ3n) is 2.31. The minimum absolute atomic E-state index is 0.0373. The largest absolute Gasteiger partial charge is 0.374 e. The van der Waals surface area contributed by atoms with Crippen LogP contribution >= 0.6 is 0 Å². The van der Waals surface area contributed by atoms with Gasteiger partial charge in [0, 0.05) is 13.2 Å². The van der Waals surface area contributed by atoms with Crippen LogP contribution in [0.2, 0.25) is 0 Å². The average molecular weight is 202 g/mol. The van der Waals surface area contributed by atoms with E-state index in [1.165, 1.54) is 0 Å². The summed E-state index contributed by atoms with van der Waals surface area (Å²) in [5.41, 5.74) is -0.664. The highest BCUT2D eigenvalue weighted by Crippen LogP contribution is 2.16. The van der Waals surface area contributed by atoms with E-state index < -0.39 is 5.60 Å². The van der Waals surface area contributed by atoms with Gasteiger partial charge in [0.2, 0.25) is 0 Å². The van der Waals surface area contributed by atoms with E-state index in [9.17, 15) is 4.79 Å². The van der Waals surface area contributed by atoms with Gasteiger partial charge in [0.05, 0.1) is 0 Å². The van der Waals surface area contributed by atoms with Crippen molar-refractivity contribution in [2.24, 2.45) is 0 Å². The number of rotatable bonds is 8. The molecule has 0 spiro atoms. The van der Waals surface area contributed by atoms with Crippen LogP contribution in [0.1, 0.15) is 40.5 Å². The quantitative estimate of drug-likeness (QED) is 0.566. The molecular formula is C11H22O3. The van der Waals surface area contributed by atoms with E-state index >= 15 is 0 Å². The molecule has 0 fully saturated rings. The molecule has 0 radical (unpaired) electrons. The Morgan fingerprint density at radius 3 is 2.36 bits per heavy atom. The van der Waals surface area contributed by atoms with Crippen LogP contribution in [0.3, 0.4) is 0 Å². The van der Waals surface area contributed by atoms with E-state index in [0.717, 1.165) is 6.42 Å². The Morgan fingerprint density at radius 2 is 1.93 bits per heavy atom. The van der Waals surface area contributed by atoms with Crippen molar-refractivity contribution < 1.29 is 14.3 Å². The molecule has 0 saturated heterocycles. The summed E-state index contributed by atoms with van der Waals surface area (Å²) in [7, 11) is 0. The second kappa shape index (κ2) is 6.96. The molecule has 0 rings (SSSR count). The minimum Gasteiger partial charge on any atom is -0.374 e. The highest BCUT2D eigenvalue weighted by molar-refractivity contribution is 5.88. The SMILES string of the molecule is CCCOCC(=O)C(C)(CC)OCC. The van der Waals surface area contributed by atoms with Crippen LogP contribution in [0.25, 0.3) is 0 Å². The third-order valence-corrected chi connectivity index (χ3v) is 2.31. The Balaban J connectivity index is 4.03. The summed E-state index contributed by atoms with van der Waals surface area (Å²) in [5.74, 6) is 0.0373. The van der Waals surface area contributed by atoms with Gasteiger partial charge >= 0.3 is 0 Å². The first-order valence-electron chi connectivity index (χ1n) is 5.35. The number of ketones is 1. The summed E-state index contributed by atoms with van der Waals surface area (Å²) in [5, 5.41) is 0. The molecule has 3 heteroatoms. The number of Topliss-reactive ketones (excluding diaryl/α,β-unsaturated/α-hetero) is 1. The second-order valence-electron chi connectivity index (χ2n) is 3.49. The zero-order valence-corrected chi connectivity index (χ0v) is 9.76. The molecule has 3 nitrogen and oxygen atoms in total. The fourth-order valence-corrected chi connectivity index (χ4v) is 1.16. The molecule has 1 unspecified atom stereocenters. The predicted octanol–water partition coefficient (Wildman–Crippen LogP) is 2.19. The van der Waals surface area contributed by atoms with E-state index in [1.807, 2.05) is 27.7 Å². The van der Waals surface area contributed by atoms with E-state index in [1.54, 1.807) is 0 Å². The van der Waals surface area contributed by atoms with E-state index in [4.69, 9.17) is 9.47 Å². The Hall–Kier alpha value is -0.410. The van der Waals surface area contributed by atoms with Crippen LogP contribution in [0, 0.1) is 0 Å². The predicted molar refractivity (Wildman–Crippen MR) is 56.4 cm³/mol. The number of ether oxygens (including phenoxy) is 2. The van der Waals surface area contributed by atoms with Gasteiger partial charge in [-0.2, -0.15) is 0 Å². The molecule has 0 heterocycles. The average Bonchev–Trinajstić information content (AvgIpc) is 2.18. The summed E-state index contributed by atoms with van der Waals surface area (Å²) in [6, 6.07) is 0. The smallest absolute Gasteiger partial charge is 0.189 e. The Bertz CT molecular complexity index is 168. The topological polar surface area (TPSA) is 35.5 Å². The van der Waals surface area contributed by atoms with Crippen LogP contribution in [0.5, 0.6) is 0 Å². The Morgan fingerprint density at radius 1 is 1.29 bits per heavy atom. The van der Waals surface area contributed by atoms with Crippen molar-refractivity contribution in [2.75, 3.05) is 19.8 Å². The van der Waals surface area contributed by atoms with Crippen molar-refractivity contribution in [3.63, 3.8) is 0 Å². The number of hydrogen-bond acceptors (Lipinski definition) is 3. The lowest BCUT2D eigenvalue weighted by Gasteiger charge is -2.26. The number of hydrogen-bond donors (Lipinski definition) is 0. The first-order valence-corrected chi connectivity index (χ1v) is 5.35. The molecule has 0 aliphatic rings. The van der Waals surface area contributed by atoms with E-state index in [0.29, 0.717) is 19.6 Å². The van der Waals surface area contributed by atoms with Crippen LogP contribution in [0.4, 0.5) is 0 Å². The monoisotopic (exact) mass is 202 g/mol. The lowest BCUT2D eigenvalue weighted by molar-refractivity contribution is -0.147. The summed E-state index contributed by atoms with van der Waals surface area (Å²) < 4.78 is 10.7. The standard InChI is InChI=1S/C11H22O3/c1-5-8-13-9-10(12)11(4,6-2)14-7-3/h5-9H2,1-4H3. The maximum atomic E-state index is 11.7. The molecule has 0 N–H and O–H groups in total. The van der Waals surface area contributed by atoms with Gasteiger partial charge in [-0.1, -0.05) is 13.8 Å². The van der Waals surface area contributed by atoms with Crippen molar-refractivity contribution in [3.8, 4) is 0 Å². The van der Waals surface area contributed by atoms with Gasteiger partial charge in [0.1, 0.15) is 12.2 Å². The van der Waals surface area contributed by atoms with E-state index in [2.05, 4.69) is 0 Å².